The van der Waals surface area contributed by atoms with Crippen LogP contribution in [-0.2, 0) is 9.59 Å². The number of hydrogen-bond acceptors (Lipinski definition) is 2. The van der Waals surface area contributed by atoms with Crippen molar-refractivity contribution in [3.63, 3.8) is 0 Å². The summed E-state index contributed by atoms with van der Waals surface area (Å²) < 4.78 is 0. The Morgan fingerprint density at radius 2 is 2.17 bits per heavy atom. The molecule has 1 aliphatic rings. The number of halogens is 1. The van der Waals surface area contributed by atoms with Gasteiger partial charge in [0.25, 0.3) is 0 Å². The third kappa shape index (κ3) is 2.48. The first-order valence-corrected chi connectivity index (χ1v) is 5.02. The van der Waals surface area contributed by atoms with E-state index in [9.17, 15) is 9.59 Å². The Kier molecular flexibility index (Phi) is 3.52. The maximum Gasteiger partial charge on any atom is 0.250 e. The molecule has 0 aromatic carbocycles. The van der Waals surface area contributed by atoms with Gasteiger partial charge in [-0.1, -0.05) is 15.9 Å². The second-order valence-corrected chi connectivity index (χ2v) is 3.45. The summed E-state index contributed by atoms with van der Waals surface area (Å²) in [7, 11) is 0. The molecule has 0 bridgehead atoms. The van der Waals surface area contributed by atoms with Crippen LogP contribution in [0.4, 0.5) is 0 Å². The molecule has 68 valence electrons. The van der Waals surface area contributed by atoms with Gasteiger partial charge >= 0.3 is 0 Å². The summed E-state index contributed by atoms with van der Waals surface area (Å²) in [5.74, 6) is -0.312. The smallest absolute Gasteiger partial charge is 0.250 e. The maximum atomic E-state index is 11.0. The number of alkyl halides is 1. The average molecular weight is 235 g/mol. The van der Waals surface area contributed by atoms with Crippen molar-refractivity contribution in [2.75, 3.05) is 11.9 Å². The molecule has 0 unspecified atom stereocenters. The molecule has 0 aromatic rings. The Bertz CT molecular complexity index is 196. The van der Waals surface area contributed by atoms with Gasteiger partial charge < -0.3 is 0 Å². The van der Waals surface area contributed by atoms with Gasteiger partial charge in [-0.05, 0) is 12.8 Å². The molecule has 4 nitrogen and oxygen atoms in total. The van der Waals surface area contributed by atoms with Crippen LogP contribution in [0.3, 0.4) is 0 Å². The number of amides is 2. The van der Waals surface area contributed by atoms with Crippen LogP contribution in [0.2, 0.25) is 0 Å². The van der Waals surface area contributed by atoms with Gasteiger partial charge in [-0.3, -0.25) is 20.0 Å². The number of hydrazine groups is 1. The minimum absolute atomic E-state index is 0.00825. The van der Waals surface area contributed by atoms with Crippen molar-refractivity contribution in [2.45, 2.75) is 19.3 Å². The molecule has 1 N–H and O–H groups in total. The number of hydrogen-bond donors (Lipinski definition) is 1. The summed E-state index contributed by atoms with van der Waals surface area (Å²) in [6.45, 7) is 0.621. The van der Waals surface area contributed by atoms with E-state index in [4.69, 9.17) is 0 Å². The van der Waals surface area contributed by atoms with Crippen LogP contribution in [0, 0.1) is 0 Å². The summed E-state index contributed by atoms with van der Waals surface area (Å²) in [5.41, 5.74) is 2.49. The molecule has 1 fully saturated rings. The molecule has 0 radical (unpaired) electrons. The highest BCUT2D eigenvalue weighted by atomic mass is 79.9. The first kappa shape index (κ1) is 9.51. The maximum absolute atomic E-state index is 11.0. The number of rotatable bonds is 4. The summed E-state index contributed by atoms with van der Waals surface area (Å²) >= 11 is 3.30. The minimum Gasteiger partial charge on any atom is -0.273 e. The Labute approximate surface area is 79.4 Å². The van der Waals surface area contributed by atoms with Gasteiger partial charge in [0.1, 0.15) is 6.42 Å². The molecule has 2 amide bonds. The highest BCUT2D eigenvalue weighted by Gasteiger charge is 2.25. The fourth-order valence-electron chi connectivity index (χ4n) is 1.03. The van der Waals surface area contributed by atoms with Crippen LogP contribution in [0.25, 0.3) is 0 Å². The summed E-state index contributed by atoms with van der Waals surface area (Å²) in [6.07, 6.45) is 1.94. The van der Waals surface area contributed by atoms with Gasteiger partial charge in [0.15, 0.2) is 0 Å². The molecule has 0 aromatic heterocycles. The number of carbonyl (C=O) groups is 2. The zero-order valence-electron chi connectivity index (χ0n) is 6.68. The van der Waals surface area contributed by atoms with Crippen molar-refractivity contribution in [2.24, 2.45) is 0 Å². The highest BCUT2D eigenvalue weighted by molar-refractivity contribution is 9.09. The van der Waals surface area contributed by atoms with E-state index in [-0.39, 0.29) is 18.2 Å². The van der Waals surface area contributed by atoms with Crippen molar-refractivity contribution < 1.29 is 9.59 Å². The molecule has 1 aliphatic heterocycles. The number of unbranched alkanes of at least 4 members (excludes halogenated alkanes) is 1. The van der Waals surface area contributed by atoms with E-state index >= 15 is 0 Å². The van der Waals surface area contributed by atoms with Crippen LogP contribution in [0.5, 0.6) is 0 Å². The van der Waals surface area contributed by atoms with Crippen molar-refractivity contribution in [3.05, 3.63) is 0 Å². The second kappa shape index (κ2) is 4.45. The third-order valence-corrected chi connectivity index (χ3v) is 2.20. The number of carbonyl (C=O) groups excluding carboxylic acids is 2. The molecule has 0 saturated carbocycles. The normalized spacial score (nSPS) is 16.9. The second-order valence-electron chi connectivity index (χ2n) is 2.65. The standard InChI is InChI=1S/C7H11BrN2O2/c8-3-1-2-4-10-7(12)5-6(11)9-10/h1-5H2,(H,9,11). The lowest BCUT2D eigenvalue weighted by Crippen LogP contribution is -2.36. The predicted octanol–water partition coefficient (Wildman–Crippen LogP) is 0.425. The largest absolute Gasteiger partial charge is 0.273 e. The third-order valence-electron chi connectivity index (χ3n) is 1.64. The van der Waals surface area contributed by atoms with Crippen molar-refractivity contribution in [3.8, 4) is 0 Å². The molecule has 5 heteroatoms. The van der Waals surface area contributed by atoms with Gasteiger partial charge in [0.05, 0.1) is 0 Å². The molecule has 1 heterocycles. The average Bonchev–Trinajstić information content (AvgIpc) is 2.31. The van der Waals surface area contributed by atoms with Gasteiger partial charge in [0, 0.05) is 11.9 Å². The van der Waals surface area contributed by atoms with Crippen molar-refractivity contribution >= 4 is 27.7 Å². The van der Waals surface area contributed by atoms with Crippen LogP contribution in [0.15, 0.2) is 0 Å². The molecule has 0 atom stereocenters. The number of nitrogens with one attached hydrogen (secondary N) is 1. The van der Waals surface area contributed by atoms with E-state index in [1.807, 2.05) is 0 Å². The summed E-state index contributed by atoms with van der Waals surface area (Å²) in [4.78, 5) is 21.7. The van der Waals surface area contributed by atoms with Gasteiger partial charge in [-0.2, -0.15) is 0 Å². The van der Waals surface area contributed by atoms with Crippen LogP contribution < -0.4 is 5.43 Å². The Morgan fingerprint density at radius 1 is 1.42 bits per heavy atom. The zero-order chi connectivity index (χ0) is 8.97. The highest BCUT2D eigenvalue weighted by Crippen LogP contribution is 2.03. The van der Waals surface area contributed by atoms with Crippen LogP contribution in [0.1, 0.15) is 19.3 Å². The molecular formula is C7H11BrN2O2. The monoisotopic (exact) mass is 234 g/mol. The van der Waals surface area contributed by atoms with Gasteiger partial charge in [-0.25, -0.2) is 0 Å². The lowest BCUT2D eigenvalue weighted by Gasteiger charge is -2.13. The lowest BCUT2D eigenvalue weighted by atomic mass is 10.3. The molecular weight excluding hydrogens is 224 g/mol. The van der Waals surface area contributed by atoms with Gasteiger partial charge in [0.2, 0.25) is 11.8 Å². The Hall–Kier alpha value is -0.580. The molecule has 12 heavy (non-hydrogen) atoms. The quantitative estimate of drug-likeness (QED) is 0.436. The van der Waals surface area contributed by atoms with Crippen molar-refractivity contribution in [1.29, 1.82) is 0 Å². The Morgan fingerprint density at radius 3 is 2.67 bits per heavy atom. The topological polar surface area (TPSA) is 49.4 Å². The Balaban J connectivity index is 2.24. The molecule has 0 spiro atoms. The first-order chi connectivity index (χ1) is 5.74. The van der Waals surface area contributed by atoms with Crippen molar-refractivity contribution in [1.82, 2.24) is 10.4 Å². The lowest BCUT2D eigenvalue weighted by molar-refractivity contribution is -0.129. The predicted molar refractivity (Wildman–Crippen MR) is 47.5 cm³/mol. The molecule has 1 saturated heterocycles. The van der Waals surface area contributed by atoms with E-state index in [0.717, 1.165) is 18.2 Å². The molecule has 0 aliphatic carbocycles. The minimum atomic E-state index is -0.196. The van der Waals surface area contributed by atoms with E-state index in [0.29, 0.717) is 6.54 Å². The van der Waals surface area contributed by atoms with E-state index in [1.165, 1.54) is 5.01 Å². The van der Waals surface area contributed by atoms with E-state index < -0.39 is 0 Å². The van der Waals surface area contributed by atoms with E-state index in [2.05, 4.69) is 21.4 Å². The fourth-order valence-corrected chi connectivity index (χ4v) is 1.43. The first-order valence-electron chi connectivity index (χ1n) is 3.90. The summed E-state index contributed by atoms with van der Waals surface area (Å²) in [5, 5.41) is 2.33. The SMILES string of the molecule is O=C1CC(=O)N(CCCCBr)N1. The zero-order valence-corrected chi connectivity index (χ0v) is 8.26. The summed E-state index contributed by atoms with van der Waals surface area (Å²) in [6, 6.07) is 0. The number of nitrogens with zero attached hydrogens (tertiary/aromatic N) is 1. The fraction of sp³-hybridized carbons (Fsp3) is 0.714. The van der Waals surface area contributed by atoms with Crippen LogP contribution >= 0.6 is 15.9 Å². The van der Waals surface area contributed by atoms with Gasteiger partial charge in [-0.15, -0.1) is 0 Å². The van der Waals surface area contributed by atoms with E-state index in [1.54, 1.807) is 0 Å². The van der Waals surface area contributed by atoms with Crippen LogP contribution in [-0.4, -0.2) is 28.7 Å². The molecule has 1 rings (SSSR count).